The summed E-state index contributed by atoms with van der Waals surface area (Å²) >= 11 is 12.2. The van der Waals surface area contributed by atoms with Gasteiger partial charge in [-0.1, -0.05) is 23.2 Å². The molecule has 3 N–H and O–H groups in total. The summed E-state index contributed by atoms with van der Waals surface area (Å²) in [6, 6.07) is 5.04. The first-order chi connectivity index (χ1) is 14.7. The van der Waals surface area contributed by atoms with Crippen molar-refractivity contribution in [1.82, 2.24) is 10.2 Å². The Hall–Kier alpha value is -3.50. The Labute approximate surface area is 185 Å². The normalized spacial score (nSPS) is 14.7. The molecule has 1 aliphatic rings. The lowest BCUT2D eigenvalue weighted by atomic mass is 10.1. The number of rotatable bonds is 7. The molecule has 4 amide bonds. The van der Waals surface area contributed by atoms with Crippen LogP contribution in [0.1, 0.15) is 21.9 Å². The van der Waals surface area contributed by atoms with Crippen LogP contribution in [0.4, 0.5) is 4.79 Å². The molecule has 1 fully saturated rings. The molecule has 1 saturated heterocycles. The number of methoxy groups -OCH3 is 1. The van der Waals surface area contributed by atoms with Gasteiger partial charge in [-0.3, -0.25) is 14.5 Å². The van der Waals surface area contributed by atoms with Crippen LogP contribution in [0.3, 0.4) is 0 Å². The number of imide groups is 1. The highest BCUT2D eigenvalue weighted by atomic mass is 35.5. The Kier molecular flexibility index (Phi) is 6.52. The number of furan rings is 1. The van der Waals surface area contributed by atoms with E-state index >= 15 is 0 Å². The molecule has 0 radical (unpaired) electrons. The van der Waals surface area contributed by atoms with E-state index < -0.39 is 30.4 Å². The summed E-state index contributed by atoms with van der Waals surface area (Å²) in [4.78, 5) is 48.1. The van der Waals surface area contributed by atoms with Crippen LogP contribution in [0.15, 0.2) is 34.4 Å². The van der Waals surface area contributed by atoms with Crippen LogP contribution in [0.5, 0.6) is 5.75 Å². The molecule has 2 aromatic rings. The smallest absolute Gasteiger partial charge is 0.373 e. The van der Waals surface area contributed by atoms with Gasteiger partial charge in [0.1, 0.15) is 11.5 Å². The lowest BCUT2D eigenvalue weighted by Crippen LogP contribution is -2.30. The third kappa shape index (κ3) is 4.98. The van der Waals surface area contributed by atoms with E-state index in [0.29, 0.717) is 5.56 Å². The van der Waals surface area contributed by atoms with Crippen molar-refractivity contribution < 1.29 is 33.1 Å². The summed E-state index contributed by atoms with van der Waals surface area (Å²) in [5, 5.41) is 2.61. The SMILES string of the molecule is COC(=O)c1ccc(CN2C(=O)NC(=Cc3cc(Cl)c(OCC(N)=O)c(Cl)c3)C2=O)o1. The fourth-order valence-electron chi connectivity index (χ4n) is 2.65. The van der Waals surface area contributed by atoms with Crippen LogP contribution in [0, 0.1) is 0 Å². The van der Waals surface area contributed by atoms with Crippen molar-refractivity contribution in [3.63, 3.8) is 0 Å². The number of nitrogens with one attached hydrogen (secondary N) is 1. The van der Waals surface area contributed by atoms with Gasteiger partial charge in [0.25, 0.3) is 11.8 Å². The number of amides is 4. The zero-order valence-corrected chi connectivity index (χ0v) is 17.5. The number of hydrogen-bond donors (Lipinski definition) is 2. The quantitative estimate of drug-likeness (QED) is 0.361. The van der Waals surface area contributed by atoms with Crippen LogP contribution in [0.2, 0.25) is 10.0 Å². The maximum absolute atomic E-state index is 12.6. The number of benzene rings is 1. The van der Waals surface area contributed by atoms with Crippen LogP contribution >= 0.6 is 23.2 Å². The second kappa shape index (κ2) is 9.11. The highest BCUT2D eigenvalue weighted by molar-refractivity contribution is 6.37. The largest absolute Gasteiger partial charge is 0.481 e. The predicted molar refractivity (Wildman–Crippen MR) is 108 cm³/mol. The number of nitrogens with zero attached hydrogens (tertiary/aromatic N) is 1. The number of ether oxygens (including phenoxy) is 2. The van der Waals surface area contributed by atoms with E-state index in [1.165, 1.54) is 37.5 Å². The van der Waals surface area contributed by atoms with E-state index in [2.05, 4.69) is 10.1 Å². The van der Waals surface area contributed by atoms with Crippen molar-refractivity contribution in [1.29, 1.82) is 0 Å². The summed E-state index contributed by atoms with van der Waals surface area (Å²) in [7, 11) is 1.20. The van der Waals surface area contributed by atoms with Crippen LogP contribution < -0.4 is 15.8 Å². The maximum Gasteiger partial charge on any atom is 0.373 e. The molecule has 0 bridgehead atoms. The number of esters is 1. The van der Waals surface area contributed by atoms with Gasteiger partial charge in [-0.25, -0.2) is 9.59 Å². The van der Waals surface area contributed by atoms with Gasteiger partial charge < -0.3 is 24.9 Å². The number of nitrogens with two attached hydrogens (primary N) is 1. The van der Waals surface area contributed by atoms with E-state index in [-0.39, 0.29) is 39.6 Å². The topological polar surface area (TPSA) is 141 Å². The van der Waals surface area contributed by atoms with Gasteiger partial charge in [-0.2, -0.15) is 0 Å². The van der Waals surface area contributed by atoms with Crippen molar-refractivity contribution in [3.05, 3.63) is 57.1 Å². The average molecular weight is 468 g/mol. The lowest BCUT2D eigenvalue weighted by Gasteiger charge is -2.10. The van der Waals surface area contributed by atoms with Gasteiger partial charge in [-0.05, 0) is 35.9 Å². The first-order valence-electron chi connectivity index (χ1n) is 8.61. The minimum absolute atomic E-state index is 0.0253. The fraction of sp³-hybridized carbons (Fsp3) is 0.158. The number of primary amides is 1. The fourth-order valence-corrected chi connectivity index (χ4v) is 3.27. The van der Waals surface area contributed by atoms with E-state index in [0.717, 1.165) is 4.90 Å². The molecule has 162 valence electrons. The Morgan fingerprint density at radius 2 is 1.90 bits per heavy atom. The molecular formula is C19H15Cl2N3O7. The molecule has 2 heterocycles. The van der Waals surface area contributed by atoms with Crippen LogP contribution in [-0.2, 0) is 20.9 Å². The molecule has 1 aliphatic heterocycles. The van der Waals surface area contributed by atoms with Crippen molar-refractivity contribution in [2.45, 2.75) is 6.54 Å². The summed E-state index contributed by atoms with van der Waals surface area (Å²) in [5.41, 5.74) is 5.40. The molecule has 1 aromatic carbocycles. The number of carbonyl (C=O) groups is 4. The van der Waals surface area contributed by atoms with E-state index in [9.17, 15) is 19.2 Å². The zero-order valence-electron chi connectivity index (χ0n) is 15.9. The summed E-state index contributed by atoms with van der Waals surface area (Å²) < 4.78 is 15.0. The van der Waals surface area contributed by atoms with Crippen LogP contribution in [-0.4, -0.2) is 42.4 Å². The summed E-state index contributed by atoms with van der Waals surface area (Å²) in [6.07, 6.45) is 1.37. The second-order valence-corrected chi connectivity index (χ2v) is 7.02. The molecule has 1 aromatic heterocycles. The third-order valence-electron chi connectivity index (χ3n) is 4.01. The van der Waals surface area contributed by atoms with Gasteiger partial charge in [0.2, 0.25) is 5.76 Å². The first kappa shape index (κ1) is 22.2. The van der Waals surface area contributed by atoms with Gasteiger partial charge >= 0.3 is 12.0 Å². The number of halogens is 2. The molecule has 0 aliphatic carbocycles. The molecule has 31 heavy (non-hydrogen) atoms. The van der Waals surface area contributed by atoms with Crippen molar-refractivity contribution in [3.8, 4) is 5.75 Å². The molecule has 0 spiro atoms. The third-order valence-corrected chi connectivity index (χ3v) is 4.58. The van der Waals surface area contributed by atoms with Crippen molar-refractivity contribution >= 4 is 53.1 Å². The predicted octanol–water partition coefficient (Wildman–Crippen LogP) is 2.33. The number of carbonyl (C=O) groups excluding carboxylic acids is 4. The minimum atomic E-state index is -0.701. The number of hydrogen-bond acceptors (Lipinski definition) is 7. The molecule has 0 atom stereocenters. The lowest BCUT2D eigenvalue weighted by molar-refractivity contribution is -0.123. The molecular weight excluding hydrogens is 453 g/mol. The van der Waals surface area contributed by atoms with E-state index in [4.69, 9.17) is 38.1 Å². The first-order valence-corrected chi connectivity index (χ1v) is 9.37. The van der Waals surface area contributed by atoms with Gasteiger partial charge in [0.15, 0.2) is 12.4 Å². The Morgan fingerprint density at radius 3 is 2.52 bits per heavy atom. The van der Waals surface area contributed by atoms with Gasteiger partial charge in [0.05, 0.1) is 23.7 Å². The Bertz CT molecular complexity index is 1090. The molecule has 0 unspecified atom stereocenters. The second-order valence-electron chi connectivity index (χ2n) is 6.21. The highest BCUT2D eigenvalue weighted by Crippen LogP contribution is 2.35. The Balaban J connectivity index is 1.77. The summed E-state index contributed by atoms with van der Waals surface area (Å²) in [5.74, 6) is -1.78. The monoisotopic (exact) mass is 467 g/mol. The van der Waals surface area contributed by atoms with Crippen molar-refractivity contribution in [2.75, 3.05) is 13.7 Å². The van der Waals surface area contributed by atoms with E-state index in [1.54, 1.807) is 0 Å². The highest BCUT2D eigenvalue weighted by Gasteiger charge is 2.34. The van der Waals surface area contributed by atoms with Crippen molar-refractivity contribution in [2.24, 2.45) is 5.73 Å². The summed E-state index contributed by atoms with van der Waals surface area (Å²) in [6.45, 7) is -0.603. The molecule has 3 rings (SSSR count). The Morgan fingerprint density at radius 1 is 1.23 bits per heavy atom. The molecule has 12 heteroatoms. The minimum Gasteiger partial charge on any atom is -0.481 e. The molecule has 0 saturated carbocycles. The molecule has 10 nitrogen and oxygen atoms in total. The average Bonchev–Trinajstić information content (AvgIpc) is 3.27. The number of urea groups is 1. The zero-order chi connectivity index (χ0) is 22.7. The van der Waals surface area contributed by atoms with Gasteiger partial charge in [0, 0.05) is 0 Å². The standard InChI is InChI=1S/C19H15Cl2N3O7/c1-29-18(27)14-3-2-10(31-14)7-24-17(26)13(23-19(24)28)6-9-4-11(20)16(12(21)5-9)30-8-15(22)25/h2-6H,7-8H2,1H3,(H2,22,25)(H,23,28). The maximum atomic E-state index is 12.6. The van der Waals surface area contributed by atoms with Crippen LogP contribution in [0.25, 0.3) is 6.08 Å². The van der Waals surface area contributed by atoms with E-state index in [1.807, 2.05) is 0 Å². The van der Waals surface area contributed by atoms with Gasteiger partial charge in [-0.15, -0.1) is 0 Å².